The van der Waals surface area contributed by atoms with E-state index in [1.807, 2.05) is 12.1 Å². The van der Waals surface area contributed by atoms with Crippen molar-refractivity contribution in [2.24, 2.45) is 5.92 Å². The molecule has 1 atom stereocenters. The number of aliphatic hydroxyl groups excluding tert-OH is 1. The lowest BCUT2D eigenvalue weighted by Crippen LogP contribution is -2.30. The second-order valence-corrected chi connectivity index (χ2v) is 7.06. The van der Waals surface area contributed by atoms with Crippen molar-refractivity contribution in [3.63, 3.8) is 0 Å². The molecule has 0 aliphatic carbocycles. The highest BCUT2D eigenvalue weighted by Crippen LogP contribution is 2.24. The first-order chi connectivity index (χ1) is 13.3. The van der Waals surface area contributed by atoms with Crippen molar-refractivity contribution in [3.8, 4) is 22.8 Å². The zero-order chi connectivity index (χ0) is 18.5. The van der Waals surface area contributed by atoms with Crippen molar-refractivity contribution in [2.45, 2.75) is 25.8 Å². The van der Waals surface area contributed by atoms with Gasteiger partial charge in [-0.05, 0) is 56.0 Å². The summed E-state index contributed by atoms with van der Waals surface area (Å²) in [5.74, 6) is 2.15. The van der Waals surface area contributed by atoms with Crippen LogP contribution in [0.1, 0.15) is 18.4 Å². The molecule has 4 rings (SSSR count). The smallest absolute Gasteiger partial charge is 0.181 e. The molecule has 0 spiro atoms. The number of aliphatic hydroxyl groups is 1. The van der Waals surface area contributed by atoms with E-state index in [1.54, 1.807) is 17.1 Å². The summed E-state index contributed by atoms with van der Waals surface area (Å²) in [7, 11) is 0. The van der Waals surface area contributed by atoms with Crippen LogP contribution in [-0.4, -0.2) is 44.6 Å². The van der Waals surface area contributed by atoms with Gasteiger partial charge in [0.15, 0.2) is 11.6 Å². The van der Waals surface area contributed by atoms with E-state index < -0.39 is 0 Å². The Balaban J connectivity index is 1.57. The third-order valence-corrected chi connectivity index (χ3v) is 5.06. The highest BCUT2D eigenvalue weighted by atomic mass is 16.3. The molecule has 27 heavy (non-hydrogen) atoms. The van der Waals surface area contributed by atoms with Crippen LogP contribution in [0.3, 0.4) is 0 Å². The Hall–Kier alpha value is -2.57. The van der Waals surface area contributed by atoms with Crippen LogP contribution in [0.25, 0.3) is 22.8 Å². The summed E-state index contributed by atoms with van der Waals surface area (Å²) < 4.78 is 1.77. The van der Waals surface area contributed by atoms with Gasteiger partial charge in [0.25, 0.3) is 0 Å². The van der Waals surface area contributed by atoms with Crippen LogP contribution in [0.5, 0.6) is 0 Å². The largest absolute Gasteiger partial charge is 0.394 e. The van der Waals surface area contributed by atoms with Crippen molar-refractivity contribution in [1.82, 2.24) is 25.1 Å². The van der Waals surface area contributed by atoms with Crippen LogP contribution in [0, 0.1) is 5.92 Å². The maximum Gasteiger partial charge on any atom is 0.181 e. The van der Waals surface area contributed by atoms with Crippen molar-refractivity contribution in [3.05, 3.63) is 54.4 Å². The van der Waals surface area contributed by atoms with Gasteiger partial charge in [0.05, 0.1) is 13.2 Å². The Bertz CT molecular complexity index is 854. The lowest BCUT2D eigenvalue weighted by Gasteiger charge is -2.22. The van der Waals surface area contributed by atoms with Gasteiger partial charge < -0.3 is 10.4 Å². The van der Waals surface area contributed by atoms with Gasteiger partial charge in [0.1, 0.15) is 0 Å². The minimum atomic E-state index is 0.0267. The number of aromatic nitrogens is 4. The summed E-state index contributed by atoms with van der Waals surface area (Å²) in [6.07, 6.45) is 7.14. The monoisotopic (exact) mass is 363 g/mol. The molecule has 0 unspecified atom stereocenters. The number of hydrogen-bond acceptors (Lipinski definition) is 5. The Kier molecular flexibility index (Phi) is 5.55. The van der Waals surface area contributed by atoms with E-state index in [2.05, 4.69) is 39.7 Å². The van der Waals surface area contributed by atoms with E-state index in [4.69, 9.17) is 4.98 Å². The van der Waals surface area contributed by atoms with E-state index in [0.717, 1.165) is 42.4 Å². The molecule has 140 valence electrons. The van der Waals surface area contributed by atoms with Crippen molar-refractivity contribution in [1.29, 1.82) is 0 Å². The summed E-state index contributed by atoms with van der Waals surface area (Å²) >= 11 is 0. The minimum absolute atomic E-state index is 0.0267. The molecular formula is C21H25N5O. The molecule has 1 aromatic carbocycles. The molecule has 3 heterocycles. The van der Waals surface area contributed by atoms with Crippen molar-refractivity contribution < 1.29 is 5.11 Å². The van der Waals surface area contributed by atoms with E-state index >= 15 is 0 Å². The predicted octanol–water partition coefficient (Wildman–Crippen LogP) is 2.54. The molecule has 0 radical (unpaired) electrons. The average molecular weight is 363 g/mol. The minimum Gasteiger partial charge on any atom is -0.394 e. The summed E-state index contributed by atoms with van der Waals surface area (Å²) in [6.45, 7) is 2.71. The molecule has 6 heteroatoms. The first kappa shape index (κ1) is 17.8. The molecule has 2 aromatic heterocycles. The van der Waals surface area contributed by atoms with Crippen molar-refractivity contribution >= 4 is 0 Å². The van der Waals surface area contributed by atoms with Crippen LogP contribution in [0.15, 0.2) is 48.8 Å². The number of piperidine rings is 1. The van der Waals surface area contributed by atoms with E-state index in [-0.39, 0.29) is 6.61 Å². The highest BCUT2D eigenvalue weighted by Gasteiger charge is 2.15. The second-order valence-electron chi connectivity index (χ2n) is 7.06. The van der Waals surface area contributed by atoms with Gasteiger partial charge in [0.2, 0.25) is 0 Å². The second kappa shape index (κ2) is 8.41. The number of rotatable bonds is 6. The van der Waals surface area contributed by atoms with Gasteiger partial charge in [0, 0.05) is 23.5 Å². The van der Waals surface area contributed by atoms with E-state index in [9.17, 15) is 5.11 Å². The molecule has 1 aliphatic heterocycles. The number of pyridine rings is 1. The Morgan fingerprint density at radius 3 is 2.59 bits per heavy atom. The van der Waals surface area contributed by atoms with Gasteiger partial charge in [-0.3, -0.25) is 4.98 Å². The van der Waals surface area contributed by atoms with Gasteiger partial charge in [-0.15, -0.1) is 0 Å². The summed E-state index contributed by atoms with van der Waals surface area (Å²) in [4.78, 5) is 8.76. The molecule has 1 saturated heterocycles. The normalized spacial score (nSPS) is 17.1. The fraction of sp³-hybridized carbons (Fsp3) is 0.381. The zero-order valence-corrected chi connectivity index (χ0v) is 15.4. The van der Waals surface area contributed by atoms with E-state index in [0.29, 0.717) is 12.4 Å². The van der Waals surface area contributed by atoms with Crippen LogP contribution < -0.4 is 5.32 Å². The summed E-state index contributed by atoms with van der Waals surface area (Å²) in [6, 6.07) is 12.4. The van der Waals surface area contributed by atoms with Gasteiger partial charge >= 0.3 is 0 Å². The fourth-order valence-electron chi connectivity index (χ4n) is 3.65. The number of benzene rings is 1. The van der Waals surface area contributed by atoms with Crippen molar-refractivity contribution in [2.75, 3.05) is 19.7 Å². The molecule has 1 fully saturated rings. The third kappa shape index (κ3) is 4.23. The fourth-order valence-corrected chi connectivity index (χ4v) is 3.65. The lowest BCUT2D eigenvalue weighted by molar-refractivity contribution is 0.270. The molecule has 1 aliphatic rings. The number of nitrogens with zero attached hydrogens (tertiary/aromatic N) is 4. The first-order valence-electron chi connectivity index (χ1n) is 9.59. The van der Waals surface area contributed by atoms with Gasteiger partial charge in [-0.1, -0.05) is 24.3 Å². The maximum atomic E-state index is 9.39. The molecular weight excluding hydrogens is 338 g/mol. The average Bonchev–Trinajstić information content (AvgIpc) is 3.14. The van der Waals surface area contributed by atoms with Crippen LogP contribution in [0.2, 0.25) is 0 Å². The lowest BCUT2D eigenvalue weighted by atomic mass is 9.92. The topological polar surface area (TPSA) is 75.9 Å². The Morgan fingerprint density at radius 2 is 1.89 bits per heavy atom. The number of hydrogen-bond donors (Lipinski definition) is 2. The SMILES string of the molecule is OCCn1nc(-c2ccncc2)nc1-c1ccc(C[C@H]2CCCNC2)cc1. The number of nitrogens with one attached hydrogen (secondary N) is 1. The summed E-state index contributed by atoms with van der Waals surface area (Å²) in [5, 5.41) is 17.4. The quantitative estimate of drug-likeness (QED) is 0.704. The first-order valence-corrected chi connectivity index (χ1v) is 9.59. The zero-order valence-electron chi connectivity index (χ0n) is 15.4. The molecule has 0 amide bonds. The Morgan fingerprint density at radius 1 is 1.07 bits per heavy atom. The van der Waals surface area contributed by atoms with Crippen LogP contribution >= 0.6 is 0 Å². The molecule has 0 bridgehead atoms. The third-order valence-electron chi connectivity index (χ3n) is 5.06. The molecule has 2 N–H and O–H groups in total. The summed E-state index contributed by atoms with van der Waals surface area (Å²) in [5.41, 5.74) is 3.29. The van der Waals surface area contributed by atoms with Gasteiger partial charge in [-0.25, -0.2) is 9.67 Å². The van der Waals surface area contributed by atoms with Crippen LogP contribution in [-0.2, 0) is 13.0 Å². The predicted molar refractivity (Wildman–Crippen MR) is 105 cm³/mol. The Labute approximate surface area is 159 Å². The molecule has 3 aromatic rings. The molecule has 0 saturated carbocycles. The molecule has 6 nitrogen and oxygen atoms in total. The highest BCUT2D eigenvalue weighted by molar-refractivity contribution is 5.61. The maximum absolute atomic E-state index is 9.39. The standard InChI is InChI=1S/C21H25N5O/c27-13-12-26-21(24-20(25-26)18-7-10-22-11-8-18)19-5-3-16(4-6-19)14-17-2-1-9-23-15-17/h3-8,10-11,17,23,27H,1-2,9,12-15H2/t17-/m1/s1. The van der Waals surface area contributed by atoms with Crippen LogP contribution in [0.4, 0.5) is 0 Å². The van der Waals surface area contributed by atoms with Gasteiger partial charge in [-0.2, -0.15) is 5.10 Å². The van der Waals surface area contributed by atoms with E-state index in [1.165, 1.54) is 18.4 Å².